The molecule has 86 valence electrons. The van der Waals surface area contributed by atoms with E-state index in [0.29, 0.717) is 5.56 Å². The van der Waals surface area contributed by atoms with Gasteiger partial charge in [0.15, 0.2) is 0 Å². The Balaban J connectivity index is 3.31. The second-order valence-corrected chi connectivity index (χ2v) is 4.09. The molecule has 4 nitrogen and oxygen atoms in total. The van der Waals surface area contributed by atoms with Crippen molar-refractivity contribution in [3.05, 3.63) is 28.3 Å². The highest BCUT2D eigenvalue weighted by molar-refractivity contribution is 6.41. The third-order valence-electron chi connectivity index (χ3n) is 2.18. The highest BCUT2D eigenvalue weighted by atomic mass is 35.5. The SMILES string of the molecule is CC(C)c1cc(O)c(C(=O)C(=O)O)cc1Cl. The van der Waals surface area contributed by atoms with Gasteiger partial charge in [-0.15, -0.1) is 0 Å². The quantitative estimate of drug-likeness (QED) is 0.631. The van der Waals surface area contributed by atoms with E-state index in [2.05, 4.69) is 0 Å². The molecule has 0 aliphatic rings. The first kappa shape index (κ1) is 12.5. The Bertz CT molecular complexity index is 452. The zero-order valence-corrected chi connectivity index (χ0v) is 9.58. The van der Waals surface area contributed by atoms with Gasteiger partial charge in [0.1, 0.15) is 5.75 Å². The van der Waals surface area contributed by atoms with Crippen molar-refractivity contribution in [1.82, 2.24) is 0 Å². The highest BCUT2D eigenvalue weighted by Crippen LogP contribution is 2.31. The summed E-state index contributed by atoms with van der Waals surface area (Å²) < 4.78 is 0. The van der Waals surface area contributed by atoms with Gasteiger partial charge in [-0.25, -0.2) is 4.79 Å². The van der Waals surface area contributed by atoms with Gasteiger partial charge in [0.05, 0.1) is 5.56 Å². The maximum Gasteiger partial charge on any atom is 0.377 e. The van der Waals surface area contributed by atoms with Gasteiger partial charge in [0, 0.05) is 5.02 Å². The molecular weight excluding hydrogens is 232 g/mol. The van der Waals surface area contributed by atoms with E-state index in [1.54, 1.807) is 0 Å². The minimum Gasteiger partial charge on any atom is -0.507 e. The Morgan fingerprint density at radius 1 is 1.31 bits per heavy atom. The number of benzene rings is 1. The molecule has 0 heterocycles. The van der Waals surface area contributed by atoms with Gasteiger partial charge in [-0.05, 0) is 23.6 Å². The van der Waals surface area contributed by atoms with Crippen molar-refractivity contribution in [2.24, 2.45) is 0 Å². The standard InChI is InChI=1S/C11H11ClO4/c1-5(2)6-4-9(13)7(3-8(6)12)10(14)11(15)16/h3-5,13H,1-2H3,(H,15,16). The largest absolute Gasteiger partial charge is 0.507 e. The summed E-state index contributed by atoms with van der Waals surface area (Å²) in [6.45, 7) is 3.75. The fourth-order valence-electron chi connectivity index (χ4n) is 1.32. The lowest BCUT2D eigenvalue weighted by atomic mass is 9.99. The Morgan fingerprint density at radius 2 is 1.88 bits per heavy atom. The van der Waals surface area contributed by atoms with Crippen LogP contribution < -0.4 is 0 Å². The topological polar surface area (TPSA) is 74.6 Å². The summed E-state index contributed by atoms with van der Waals surface area (Å²) in [5.74, 6) is -3.08. The molecule has 1 aromatic carbocycles. The number of aromatic hydroxyl groups is 1. The van der Waals surface area contributed by atoms with Crippen LogP contribution in [0.5, 0.6) is 5.75 Å². The molecule has 16 heavy (non-hydrogen) atoms. The van der Waals surface area contributed by atoms with Crippen LogP contribution in [0, 0.1) is 0 Å². The van der Waals surface area contributed by atoms with Crippen molar-refractivity contribution < 1.29 is 19.8 Å². The van der Waals surface area contributed by atoms with Crippen molar-refractivity contribution in [3.8, 4) is 5.75 Å². The molecular formula is C11H11ClO4. The van der Waals surface area contributed by atoms with E-state index in [1.165, 1.54) is 12.1 Å². The molecule has 0 spiro atoms. The summed E-state index contributed by atoms with van der Waals surface area (Å²) in [6.07, 6.45) is 0. The Labute approximate surface area is 97.5 Å². The molecule has 0 fully saturated rings. The number of halogens is 1. The third-order valence-corrected chi connectivity index (χ3v) is 2.50. The molecule has 0 amide bonds. The van der Waals surface area contributed by atoms with Gasteiger partial charge in [0.2, 0.25) is 0 Å². The number of aliphatic carboxylic acids is 1. The zero-order valence-electron chi connectivity index (χ0n) is 8.82. The number of phenols is 1. The van der Waals surface area contributed by atoms with E-state index in [-0.39, 0.29) is 22.3 Å². The van der Waals surface area contributed by atoms with E-state index in [4.69, 9.17) is 16.7 Å². The fourth-order valence-corrected chi connectivity index (χ4v) is 1.70. The average molecular weight is 243 g/mol. The Morgan fingerprint density at radius 3 is 2.31 bits per heavy atom. The molecule has 0 saturated heterocycles. The maximum absolute atomic E-state index is 11.2. The molecule has 0 atom stereocenters. The second kappa shape index (κ2) is 4.53. The van der Waals surface area contributed by atoms with Gasteiger partial charge < -0.3 is 10.2 Å². The lowest BCUT2D eigenvalue weighted by Crippen LogP contribution is -2.13. The highest BCUT2D eigenvalue weighted by Gasteiger charge is 2.21. The van der Waals surface area contributed by atoms with E-state index in [1.807, 2.05) is 13.8 Å². The summed E-state index contributed by atoms with van der Waals surface area (Å²) >= 11 is 5.89. The number of hydrogen-bond donors (Lipinski definition) is 2. The van der Waals surface area contributed by atoms with Crippen molar-refractivity contribution in [2.75, 3.05) is 0 Å². The van der Waals surface area contributed by atoms with Gasteiger partial charge in [-0.3, -0.25) is 4.79 Å². The van der Waals surface area contributed by atoms with Crippen LogP contribution in [0.1, 0.15) is 35.7 Å². The van der Waals surface area contributed by atoms with Crippen LogP contribution in [0.15, 0.2) is 12.1 Å². The molecule has 0 unspecified atom stereocenters. The summed E-state index contributed by atoms with van der Waals surface area (Å²) in [5, 5.41) is 18.3. The van der Waals surface area contributed by atoms with Gasteiger partial charge in [-0.1, -0.05) is 25.4 Å². The predicted octanol–water partition coefficient (Wildman–Crippen LogP) is 2.44. The molecule has 0 aliphatic heterocycles. The summed E-state index contributed by atoms with van der Waals surface area (Å²) in [6, 6.07) is 2.51. The summed E-state index contributed by atoms with van der Waals surface area (Å²) in [5.41, 5.74) is 0.378. The molecule has 0 radical (unpaired) electrons. The van der Waals surface area contributed by atoms with E-state index < -0.39 is 11.8 Å². The van der Waals surface area contributed by atoms with Crippen molar-refractivity contribution in [3.63, 3.8) is 0 Å². The van der Waals surface area contributed by atoms with Crippen LogP contribution in [0.25, 0.3) is 0 Å². The minimum atomic E-state index is -1.62. The van der Waals surface area contributed by atoms with E-state index in [9.17, 15) is 14.7 Å². The number of carbonyl (C=O) groups excluding carboxylic acids is 1. The molecule has 0 bridgehead atoms. The number of carbonyl (C=O) groups is 2. The molecule has 0 saturated carbocycles. The van der Waals surface area contributed by atoms with Crippen molar-refractivity contribution in [2.45, 2.75) is 19.8 Å². The number of carboxylic acids is 1. The number of hydrogen-bond acceptors (Lipinski definition) is 3. The van der Waals surface area contributed by atoms with E-state index in [0.717, 1.165) is 0 Å². The first-order valence-corrected chi connectivity index (χ1v) is 5.02. The summed E-state index contributed by atoms with van der Waals surface area (Å²) in [4.78, 5) is 21.7. The van der Waals surface area contributed by atoms with Crippen LogP contribution in [-0.2, 0) is 4.79 Å². The average Bonchev–Trinajstić information content (AvgIpc) is 2.19. The van der Waals surface area contributed by atoms with Crippen LogP contribution in [0.3, 0.4) is 0 Å². The lowest BCUT2D eigenvalue weighted by molar-refractivity contribution is -0.131. The smallest absolute Gasteiger partial charge is 0.377 e. The first-order chi connectivity index (χ1) is 7.34. The normalized spacial score (nSPS) is 10.5. The van der Waals surface area contributed by atoms with E-state index >= 15 is 0 Å². The molecule has 1 rings (SSSR count). The molecule has 1 aromatic rings. The van der Waals surface area contributed by atoms with Gasteiger partial charge >= 0.3 is 5.97 Å². The van der Waals surface area contributed by atoms with Crippen LogP contribution in [0.2, 0.25) is 5.02 Å². The monoisotopic (exact) mass is 242 g/mol. The number of Topliss-reactive ketones (excluding diaryl/α,β-unsaturated/α-hetero) is 1. The van der Waals surface area contributed by atoms with Crippen molar-refractivity contribution >= 4 is 23.4 Å². The minimum absolute atomic E-state index is 0.0763. The molecule has 5 heteroatoms. The molecule has 0 aromatic heterocycles. The Kier molecular flexibility index (Phi) is 3.55. The summed E-state index contributed by atoms with van der Waals surface area (Å²) in [7, 11) is 0. The number of ketones is 1. The Hall–Kier alpha value is -1.55. The first-order valence-electron chi connectivity index (χ1n) is 4.64. The van der Waals surface area contributed by atoms with Crippen molar-refractivity contribution in [1.29, 1.82) is 0 Å². The maximum atomic E-state index is 11.2. The van der Waals surface area contributed by atoms with Gasteiger partial charge in [-0.2, -0.15) is 0 Å². The number of phenolic OH excluding ortho intramolecular Hbond substituents is 1. The number of rotatable bonds is 3. The van der Waals surface area contributed by atoms with Crippen LogP contribution in [-0.4, -0.2) is 22.0 Å². The second-order valence-electron chi connectivity index (χ2n) is 3.68. The zero-order chi connectivity index (χ0) is 12.5. The molecule has 2 N–H and O–H groups in total. The third kappa shape index (κ3) is 2.33. The van der Waals surface area contributed by atoms with Gasteiger partial charge in [0.25, 0.3) is 5.78 Å². The fraction of sp³-hybridized carbons (Fsp3) is 0.273. The number of carboxylic acid groups (broad SMARTS) is 1. The lowest BCUT2D eigenvalue weighted by Gasteiger charge is -2.10. The molecule has 0 aliphatic carbocycles. The van der Waals surface area contributed by atoms with Crippen LogP contribution >= 0.6 is 11.6 Å². The van der Waals surface area contributed by atoms with Crippen LogP contribution in [0.4, 0.5) is 0 Å². The predicted molar refractivity (Wildman–Crippen MR) is 59.2 cm³/mol.